The monoisotopic (exact) mass is 269 g/mol. The number of ether oxygens (including phenoxy) is 1. The van der Waals surface area contributed by atoms with Crippen LogP contribution in [0.1, 0.15) is 37.8 Å². The summed E-state index contributed by atoms with van der Waals surface area (Å²) in [4.78, 5) is 0. The minimum absolute atomic E-state index is 0.337. The molecule has 0 saturated heterocycles. The lowest BCUT2D eigenvalue weighted by atomic mass is 10.1. The van der Waals surface area contributed by atoms with E-state index in [9.17, 15) is 0 Å². The van der Waals surface area contributed by atoms with Crippen molar-refractivity contribution < 1.29 is 4.74 Å². The molecule has 0 aliphatic carbocycles. The Balaban J connectivity index is 2.11. The minimum Gasteiger partial charge on any atom is -0.379 e. The van der Waals surface area contributed by atoms with Crippen molar-refractivity contribution in [3.05, 3.63) is 34.3 Å². The molecule has 0 saturated carbocycles. The van der Waals surface area contributed by atoms with Crippen LogP contribution in [-0.4, -0.2) is 19.3 Å². The van der Waals surface area contributed by atoms with Gasteiger partial charge in [0.2, 0.25) is 0 Å². The first-order valence-electron chi connectivity index (χ1n) is 6.67. The molecule has 2 nitrogen and oxygen atoms in total. The predicted octanol–water partition coefficient (Wildman–Crippen LogP) is 3.94. The van der Waals surface area contributed by atoms with Crippen molar-refractivity contribution >= 4 is 11.6 Å². The van der Waals surface area contributed by atoms with Crippen LogP contribution in [0.2, 0.25) is 5.02 Å². The Morgan fingerprint density at radius 1 is 1.28 bits per heavy atom. The van der Waals surface area contributed by atoms with Gasteiger partial charge in [0.05, 0.1) is 6.10 Å². The van der Waals surface area contributed by atoms with Gasteiger partial charge in [0.15, 0.2) is 0 Å². The van der Waals surface area contributed by atoms with Crippen molar-refractivity contribution in [2.45, 2.75) is 46.3 Å². The topological polar surface area (TPSA) is 21.3 Å². The quantitative estimate of drug-likeness (QED) is 0.722. The van der Waals surface area contributed by atoms with E-state index in [1.165, 1.54) is 11.1 Å². The summed E-state index contributed by atoms with van der Waals surface area (Å²) in [6.07, 6.45) is 2.58. The van der Waals surface area contributed by atoms with Crippen LogP contribution in [0.4, 0.5) is 0 Å². The smallest absolute Gasteiger partial charge is 0.0518 e. The molecule has 0 atom stereocenters. The van der Waals surface area contributed by atoms with Crippen LogP contribution in [0.3, 0.4) is 0 Å². The highest BCUT2D eigenvalue weighted by Crippen LogP contribution is 2.17. The molecule has 18 heavy (non-hydrogen) atoms. The van der Waals surface area contributed by atoms with Crippen LogP contribution in [0.25, 0.3) is 0 Å². The Labute approximate surface area is 116 Å². The average molecular weight is 270 g/mol. The van der Waals surface area contributed by atoms with Gasteiger partial charge in [-0.1, -0.05) is 23.7 Å². The third kappa shape index (κ3) is 6.39. The summed E-state index contributed by atoms with van der Waals surface area (Å²) in [5.41, 5.74) is 2.37. The number of hydrogen-bond acceptors (Lipinski definition) is 2. The molecule has 0 radical (unpaired) electrons. The maximum absolute atomic E-state index is 6.17. The second-order valence-electron chi connectivity index (χ2n) is 4.90. The summed E-state index contributed by atoms with van der Waals surface area (Å²) in [5, 5.41) is 4.26. The Morgan fingerprint density at radius 2 is 2.06 bits per heavy atom. The largest absolute Gasteiger partial charge is 0.379 e. The minimum atomic E-state index is 0.337. The van der Waals surface area contributed by atoms with Crippen LogP contribution >= 0.6 is 11.6 Å². The highest BCUT2D eigenvalue weighted by Gasteiger charge is 1.99. The summed E-state index contributed by atoms with van der Waals surface area (Å²) in [7, 11) is 0. The van der Waals surface area contributed by atoms with Crippen LogP contribution in [0, 0.1) is 6.92 Å². The van der Waals surface area contributed by atoms with Crippen molar-refractivity contribution in [3.8, 4) is 0 Å². The standard InChI is InChI=1S/C15H24ClNO/c1-12(2)18-9-5-4-8-17-11-14-7-6-13(3)10-15(14)16/h6-7,10,12,17H,4-5,8-9,11H2,1-3H3. The lowest BCUT2D eigenvalue weighted by molar-refractivity contribution is 0.0760. The van der Waals surface area contributed by atoms with E-state index in [0.29, 0.717) is 6.10 Å². The molecule has 0 bridgehead atoms. The fourth-order valence-corrected chi connectivity index (χ4v) is 1.99. The van der Waals surface area contributed by atoms with Gasteiger partial charge in [0, 0.05) is 18.2 Å². The molecule has 0 heterocycles. The van der Waals surface area contributed by atoms with Gasteiger partial charge in [-0.3, -0.25) is 0 Å². The first-order chi connectivity index (χ1) is 8.59. The fourth-order valence-electron chi connectivity index (χ4n) is 1.69. The lowest BCUT2D eigenvalue weighted by Gasteiger charge is -2.09. The summed E-state index contributed by atoms with van der Waals surface area (Å²) in [6, 6.07) is 6.20. The molecule has 0 spiro atoms. The number of hydrogen-bond donors (Lipinski definition) is 1. The SMILES string of the molecule is Cc1ccc(CNCCCCOC(C)C)c(Cl)c1. The molecule has 0 aliphatic heterocycles. The molecular weight excluding hydrogens is 246 g/mol. The molecule has 102 valence electrons. The number of nitrogens with one attached hydrogen (secondary N) is 1. The van der Waals surface area contributed by atoms with E-state index in [1.54, 1.807) is 0 Å². The van der Waals surface area contributed by atoms with E-state index in [2.05, 4.69) is 38.2 Å². The third-order valence-electron chi connectivity index (χ3n) is 2.72. The highest BCUT2D eigenvalue weighted by atomic mass is 35.5. The van der Waals surface area contributed by atoms with Gasteiger partial charge in [-0.05, 0) is 57.4 Å². The molecule has 3 heteroatoms. The van der Waals surface area contributed by atoms with Gasteiger partial charge in [0.25, 0.3) is 0 Å². The average Bonchev–Trinajstić information content (AvgIpc) is 2.30. The molecule has 1 rings (SSSR count). The van der Waals surface area contributed by atoms with Gasteiger partial charge < -0.3 is 10.1 Å². The number of aryl methyl sites for hydroxylation is 1. The molecular formula is C15H24ClNO. The second kappa shape index (κ2) is 8.52. The van der Waals surface area contributed by atoms with Crippen molar-refractivity contribution in [2.75, 3.05) is 13.2 Å². The van der Waals surface area contributed by atoms with Gasteiger partial charge in [-0.15, -0.1) is 0 Å². The number of benzene rings is 1. The first-order valence-corrected chi connectivity index (χ1v) is 7.04. The Kier molecular flexibility index (Phi) is 7.33. The highest BCUT2D eigenvalue weighted by molar-refractivity contribution is 6.31. The van der Waals surface area contributed by atoms with Crippen molar-refractivity contribution in [3.63, 3.8) is 0 Å². The van der Waals surface area contributed by atoms with Crippen LogP contribution in [-0.2, 0) is 11.3 Å². The third-order valence-corrected chi connectivity index (χ3v) is 3.07. The van der Waals surface area contributed by atoms with Gasteiger partial charge in [-0.2, -0.15) is 0 Å². The predicted molar refractivity (Wildman–Crippen MR) is 78.2 cm³/mol. The Bertz CT molecular complexity index is 352. The normalized spacial score (nSPS) is 11.2. The van der Waals surface area contributed by atoms with Gasteiger partial charge in [-0.25, -0.2) is 0 Å². The molecule has 1 aromatic carbocycles. The number of halogens is 1. The molecule has 0 aromatic heterocycles. The lowest BCUT2D eigenvalue weighted by Crippen LogP contribution is -2.16. The molecule has 1 N–H and O–H groups in total. The zero-order valence-electron chi connectivity index (χ0n) is 11.6. The van der Waals surface area contributed by atoms with Crippen LogP contribution in [0.15, 0.2) is 18.2 Å². The van der Waals surface area contributed by atoms with Crippen LogP contribution in [0.5, 0.6) is 0 Å². The zero-order chi connectivity index (χ0) is 13.4. The zero-order valence-corrected chi connectivity index (χ0v) is 12.4. The summed E-state index contributed by atoms with van der Waals surface area (Å²) in [6.45, 7) is 8.88. The fraction of sp³-hybridized carbons (Fsp3) is 0.600. The van der Waals surface area contributed by atoms with E-state index >= 15 is 0 Å². The maximum atomic E-state index is 6.17. The summed E-state index contributed by atoms with van der Waals surface area (Å²) < 4.78 is 5.49. The number of rotatable bonds is 8. The molecule has 0 aliphatic rings. The van der Waals surface area contributed by atoms with E-state index in [4.69, 9.17) is 16.3 Å². The van der Waals surface area contributed by atoms with Crippen molar-refractivity contribution in [1.82, 2.24) is 5.32 Å². The van der Waals surface area contributed by atoms with Crippen molar-refractivity contribution in [1.29, 1.82) is 0 Å². The van der Waals surface area contributed by atoms with Crippen LogP contribution < -0.4 is 5.32 Å². The van der Waals surface area contributed by atoms with Gasteiger partial charge >= 0.3 is 0 Å². The van der Waals surface area contributed by atoms with Crippen molar-refractivity contribution in [2.24, 2.45) is 0 Å². The Morgan fingerprint density at radius 3 is 2.72 bits per heavy atom. The van der Waals surface area contributed by atoms with Gasteiger partial charge in [0.1, 0.15) is 0 Å². The molecule has 0 fully saturated rings. The summed E-state index contributed by atoms with van der Waals surface area (Å²) in [5.74, 6) is 0. The number of unbranched alkanes of at least 4 members (excludes halogenated alkanes) is 1. The maximum Gasteiger partial charge on any atom is 0.0518 e. The summed E-state index contributed by atoms with van der Waals surface area (Å²) >= 11 is 6.17. The van der Waals surface area contributed by atoms with E-state index in [0.717, 1.165) is 37.6 Å². The first kappa shape index (κ1) is 15.5. The van der Waals surface area contributed by atoms with E-state index in [-0.39, 0.29) is 0 Å². The van der Waals surface area contributed by atoms with E-state index < -0.39 is 0 Å². The molecule has 0 unspecified atom stereocenters. The second-order valence-corrected chi connectivity index (χ2v) is 5.31. The molecule has 0 amide bonds. The Hall–Kier alpha value is -0.570. The van der Waals surface area contributed by atoms with E-state index in [1.807, 2.05) is 6.07 Å². The molecule has 1 aromatic rings.